The number of hydrogen-bond acceptors (Lipinski definition) is 4. The molecule has 1 saturated carbocycles. The Morgan fingerprint density at radius 3 is 2.27 bits per heavy atom. The fourth-order valence-electron chi connectivity index (χ4n) is 3.15. The second-order valence-electron chi connectivity index (χ2n) is 5.99. The zero-order valence-corrected chi connectivity index (χ0v) is 12.5. The molecule has 118 valence electrons. The largest absolute Gasteiger partial charge is 0.481 e. The Morgan fingerprint density at radius 2 is 1.73 bits per heavy atom. The van der Waals surface area contributed by atoms with Crippen molar-refractivity contribution >= 4 is 11.8 Å². The van der Waals surface area contributed by atoms with E-state index in [0.717, 1.165) is 32.1 Å². The second kappa shape index (κ2) is 7.82. The molecule has 0 radical (unpaired) electrons. The topological polar surface area (TPSA) is 83.8 Å². The summed E-state index contributed by atoms with van der Waals surface area (Å²) in [5, 5.41) is 11.6. The van der Waals surface area contributed by atoms with E-state index < -0.39 is 5.97 Å². The number of carbonyl (C=O) groups is 2. The fraction of sp³-hybridized carbons (Fsp3) is 0.529. The molecule has 0 atom stereocenters. The lowest BCUT2D eigenvalue weighted by Crippen LogP contribution is -2.22. The average Bonchev–Trinajstić information content (AvgIpc) is 2.53. The highest BCUT2D eigenvalue weighted by molar-refractivity contribution is 5.98. The number of hydrogen-bond donors (Lipinski definition) is 1. The van der Waals surface area contributed by atoms with Crippen LogP contribution >= 0.6 is 0 Å². The number of carboxylic acid groups (broad SMARTS) is 1. The molecule has 0 spiro atoms. The smallest absolute Gasteiger partial charge is 0.307 e. The van der Waals surface area contributed by atoms with Crippen molar-refractivity contribution in [2.24, 2.45) is 17.0 Å². The van der Waals surface area contributed by atoms with Gasteiger partial charge >= 0.3 is 5.97 Å². The van der Waals surface area contributed by atoms with Crippen LogP contribution in [-0.4, -0.2) is 23.4 Å². The highest BCUT2D eigenvalue weighted by Gasteiger charge is 2.26. The van der Waals surface area contributed by atoms with Crippen LogP contribution in [0.4, 0.5) is 0 Å². The van der Waals surface area contributed by atoms with Crippen LogP contribution in [0.1, 0.15) is 48.0 Å². The Labute approximate surface area is 129 Å². The normalized spacial score (nSPS) is 21.3. The first-order valence-electron chi connectivity index (χ1n) is 7.74. The molecule has 1 aliphatic carbocycles. The minimum absolute atomic E-state index is 0.0235. The van der Waals surface area contributed by atoms with Crippen molar-refractivity contribution in [1.82, 2.24) is 0 Å². The van der Waals surface area contributed by atoms with Crippen LogP contribution in [0.15, 0.2) is 29.4 Å². The van der Waals surface area contributed by atoms with Gasteiger partial charge in [-0.25, -0.2) is 0 Å². The van der Waals surface area contributed by atoms with E-state index in [1.165, 1.54) is 0 Å². The third-order valence-corrected chi connectivity index (χ3v) is 4.44. The van der Waals surface area contributed by atoms with Crippen molar-refractivity contribution in [3.05, 3.63) is 40.3 Å². The summed E-state index contributed by atoms with van der Waals surface area (Å²) >= 11 is 0. The van der Waals surface area contributed by atoms with E-state index in [1.807, 2.05) is 0 Å². The highest BCUT2D eigenvalue weighted by atomic mass is 16.4. The molecule has 1 aromatic carbocycles. The van der Waals surface area contributed by atoms with Gasteiger partial charge in [0.25, 0.3) is 0 Å². The van der Waals surface area contributed by atoms with E-state index >= 15 is 0 Å². The molecule has 0 aliphatic heterocycles. The number of carboxylic acids is 1. The number of nitrogens with zero attached hydrogens (tertiary/aromatic N) is 1. The lowest BCUT2D eigenvalue weighted by Gasteiger charge is -2.27. The summed E-state index contributed by atoms with van der Waals surface area (Å²) in [4.78, 5) is 33.3. The third-order valence-electron chi connectivity index (χ3n) is 4.44. The first-order chi connectivity index (χ1) is 10.6. The lowest BCUT2D eigenvalue weighted by molar-refractivity contribution is -0.136. The molecule has 5 heteroatoms. The molecule has 1 N–H and O–H groups in total. The van der Waals surface area contributed by atoms with Crippen molar-refractivity contribution in [3.8, 4) is 0 Å². The van der Waals surface area contributed by atoms with E-state index in [2.05, 4.69) is 5.18 Å². The van der Waals surface area contributed by atoms with Crippen molar-refractivity contribution in [2.45, 2.75) is 38.5 Å². The van der Waals surface area contributed by atoms with Gasteiger partial charge in [-0.2, -0.15) is 4.91 Å². The van der Waals surface area contributed by atoms with Crippen LogP contribution in [-0.2, 0) is 11.2 Å². The number of ketones is 1. The minimum Gasteiger partial charge on any atom is -0.481 e. The number of rotatable bonds is 7. The first-order valence-corrected chi connectivity index (χ1v) is 7.74. The molecule has 0 heterocycles. The molecular formula is C17H21NO4. The zero-order valence-electron chi connectivity index (χ0n) is 12.5. The van der Waals surface area contributed by atoms with Crippen LogP contribution < -0.4 is 0 Å². The molecular weight excluding hydrogens is 282 g/mol. The SMILES string of the molecule is O=NCCC1CCC(C(=O)c2ccc(CC(=O)O)cc2)CC1. The minimum atomic E-state index is -0.873. The number of Topliss-reactive ketones (excluding diaryl/α,β-unsaturated/α-hetero) is 1. The van der Waals surface area contributed by atoms with Gasteiger partial charge < -0.3 is 5.11 Å². The zero-order chi connectivity index (χ0) is 15.9. The summed E-state index contributed by atoms with van der Waals surface area (Å²) in [6, 6.07) is 6.87. The Kier molecular flexibility index (Phi) is 5.81. The van der Waals surface area contributed by atoms with Crippen LogP contribution in [0.3, 0.4) is 0 Å². The van der Waals surface area contributed by atoms with Gasteiger partial charge in [0.15, 0.2) is 5.78 Å². The number of nitroso groups, excluding NO2 is 1. The molecule has 5 nitrogen and oxygen atoms in total. The number of carbonyl (C=O) groups excluding carboxylic acids is 1. The van der Waals surface area contributed by atoms with E-state index in [9.17, 15) is 14.5 Å². The third kappa shape index (κ3) is 4.48. The average molecular weight is 303 g/mol. The monoisotopic (exact) mass is 303 g/mol. The maximum Gasteiger partial charge on any atom is 0.307 e. The van der Waals surface area contributed by atoms with Crippen LogP contribution in [0.25, 0.3) is 0 Å². The lowest BCUT2D eigenvalue weighted by atomic mass is 9.77. The molecule has 22 heavy (non-hydrogen) atoms. The summed E-state index contributed by atoms with van der Waals surface area (Å²) in [5.74, 6) is -0.165. The van der Waals surface area contributed by atoms with E-state index in [4.69, 9.17) is 5.11 Å². The maximum absolute atomic E-state index is 12.5. The van der Waals surface area contributed by atoms with Gasteiger partial charge in [0.1, 0.15) is 0 Å². The predicted molar refractivity (Wildman–Crippen MR) is 82.8 cm³/mol. The van der Waals surface area contributed by atoms with Gasteiger partial charge in [-0.1, -0.05) is 29.4 Å². The summed E-state index contributed by atoms with van der Waals surface area (Å²) < 4.78 is 0. The summed E-state index contributed by atoms with van der Waals surface area (Å²) in [7, 11) is 0. The van der Waals surface area contributed by atoms with Crippen molar-refractivity contribution in [2.75, 3.05) is 6.54 Å². The van der Waals surface area contributed by atoms with Crippen LogP contribution in [0.2, 0.25) is 0 Å². The van der Waals surface area contributed by atoms with Gasteiger partial charge in [-0.05, 0) is 43.6 Å². The molecule has 0 amide bonds. The Morgan fingerprint density at radius 1 is 1.09 bits per heavy atom. The van der Waals surface area contributed by atoms with E-state index in [-0.39, 0.29) is 18.1 Å². The van der Waals surface area contributed by atoms with Crippen LogP contribution in [0.5, 0.6) is 0 Å². The van der Waals surface area contributed by atoms with Gasteiger partial charge in [0.05, 0.1) is 13.0 Å². The Hall–Kier alpha value is -2.04. The van der Waals surface area contributed by atoms with E-state index in [0.29, 0.717) is 23.6 Å². The Bertz CT molecular complexity index is 530. The molecule has 0 bridgehead atoms. The van der Waals surface area contributed by atoms with Crippen LogP contribution in [0, 0.1) is 16.7 Å². The molecule has 1 aliphatic rings. The Balaban J connectivity index is 1.89. The van der Waals surface area contributed by atoms with Crippen molar-refractivity contribution in [3.63, 3.8) is 0 Å². The predicted octanol–water partition coefficient (Wildman–Crippen LogP) is 3.46. The number of aliphatic carboxylic acids is 1. The standard InChI is InChI=1S/C17H21NO4/c19-16(20)11-13-3-7-15(8-4-13)17(21)14-5-1-12(2-6-14)9-10-18-22/h3-4,7-8,12,14H,1-2,5-6,9-11H2,(H,19,20). The fourth-order valence-corrected chi connectivity index (χ4v) is 3.15. The molecule has 1 fully saturated rings. The van der Waals surface area contributed by atoms with Gasteiger partial charge in [0.2, 0.25) is 0 Å². The molecule has 0 unspecified atom stereocenters. The number of benzene rings is 1. The maximum atomic E-state index is 12.5. The highest BCUT2D eigenvalue weighted by Crippen LogP contribution is 2.32. The molecule has 1 aromatic rings. The van der Waals surface area contributed by atoms with Crippen molar-refractivity contribution < 1.29 is 14.7 Å². The second-order valence-corrected chi connectivity index (χ2v) is 5.99. The van der Waals surface area contributed by atoms with E-state index in [1.54, 1.807) is 24.3 Å². The summed E-state index contributed by atoms with van der Waals surface area (Å²) in [5.41, 5.74) is 1.36. The molecule has 0 saturated heterocycles. The summed E-state index contributed by atoms with van der Waals surface area (Å²) in [6.07, 6.45) is 4.48. The van der Waals surface area contributed by atoms with Gasteiger partial charge in [-0.3, -0.25) is 9.59 Å². The molecule has 2 rings (SSSR count). The molecule has 0 aromatic heterocycles. The first kappa shape index (κ1) is 16.3. The van der Waals surface area contributed by atoms with Crippen molar-refractivity contribution in [1.29, 1.82) is 0 Å². The van der Waals surface area contributed by atoms with Gasteiger partial charge in [0, 0.05) is 11.5 Å². The quantitative estimate of drug-likeness (QED) is 0.617. The van der Waals surface area contributed by atoms with Gasteiger partial charge in [-0.15, -0.1) is 0 Å². The summed E-state index contributed by atoms with van der Waals surface area (Å²) in [6.45, 7) is 0.369.